The second-order valence-corrected chi connectivity index (χ2v) is 8.83. The monoisotopic (exact) mass is 392 g/mol. The van der Waals surface area contributed by atoms with Gasteiger partial charge in [-0.2, -0.15) is 4.31 Å². The topological polar surface area (TPSA) is 66.5 Å². The lowest BCUT2D eigenvalue weighted by molar-refractivity contribution is -0.120. The van der Waals surface area contributed by atoms with Crippen LogP contribution in [0.15, 0.2) is 53.4 Å². The van der Waals surface area contributed by atoms with Crippen LogP contribution in [0.3, 0.4) is 0 Å². The highest BCUT2D eigenvalue weighted by Gasteiger charge is 2.33. The number of benzene rings is 2. The van der Waals surface area contributed by atoms with E-state index in [1.165, 1.54) is 16.4 Å². The van der Waals surface area contributed by atoms with Gasteiger partial charge in [0.2, 0.25) is 15.9 Å². The van der Waals surface area contributed by atoms with Gasteiger partial charge in [0.15, 0.2) is 0 Å². The van der Waals surface area contributed by atoms with Gasteiger partial charge in [0.25, 0.3) is 0 Å². The molecule has 7 heteroatoms. The fourth-order valence-electron chi connectivity index (χ4n) is 3.08. The molecule has 0 bridgehead atoms. The molecule has 3 rings (SSSR count). The number of hydrogen-bond donors (Lipinski definition) is 1. The smallest absolute Gasteiger partial charge is 0.243 e. The standard InChI is InChI=1S/C19H21ClN2O3S/c1-14-5-2-3-7-18(14)21-19(23)15-6-4-12-22(13-15)26(24,25)17-10-8-16(20)9-11-17/h2-3,5,7-11,15H,4,6,12-13H2,1H3,(H,21,23)/t15-/m0/s1. The zero-order chi connectivity index (χ0) is 18.7. The molecule has 1 saturated heterocycles. The molecule has 0 radical (unpaired) electrons. The summed E-state index contributed by atoms with van der Waals surface area (Å²) in [5, 5.41) is 3.41. The van der Waals surface area contributed by atoms with Crippen LogP contribution in [0.1, 0.15) is 18.4 Å². The number of anilines is 1. The zero-order valence-electron chi connectivity index (χ0n) is 14.5. The first-order valence-corrected chi connectivity index (χ1v) is 10.3. The Labute approximate surface area is 159 Å². The van der Waals surface area contributed by atoms with Crippen molar-refractivity contribution in [2.24, 2.45) is 5.92 Å². The number of para-hydroxylation sites is 1. The third-order valence-corrected chi connectivity index (χ3v) is 6.74. The number of rotatable bonds is 4. The van der Waals surface area contributed by atoms with Gasteiger partial charge in [-0.1, -0.05) is 29.8 Å². The molecule has 1 aliphatic rings. The van der Waals surface area contributed by atoms with E-state index in [0.29, 0.717) is 24.4 Å². The Balaban J connectivity index is 1.73. The van der Waals surface area contributed by atoms with Crippen LogP contribution in [0, 0.1) is 12.8 Å². The Morgan fingerprint density at radius 1 is 1.15 bits per heavy atom. The molecule has 1 fully saturated rings. The number of hydrogen-bond acceptors (Lipinski definition) is 3. The van der Waals surface area contributed by atoms with Gasteiger partial charge in [0.1, 0.15) is 0 Å². The molecule has 5 nitrogen and oxygen atoms in total. The highest BCUT2D eigenvalue weighted by atomic mass is 35.5. The summed E-state index contributed by atoms with van der Waals surface area (Å²) in [6.07, 6.45) is 1.32. The molecule has 1 N–H and O–H groups in total. The van der Waals surface area contributed by atoms with Crippen molar-refractivity contribution in [1.29, 1.82) is 0 Å². The molecule has 0 spiro atoms. The third kappa shape index (κ3) is 4.09. The van der Waals surface area contributed by atoms with E-state index in [-0.39, 0.29) is 23.3 Å². The Hall–Kier alpha value is -1.89. The highest BCUT2D eigenvalue weighted by molar-refractivity contribution is 7.89. The molecule has 0 saturated carbocycles. The largest absolute Gasteiger partial charge is 0.326 e. The Morgan fingerprint density at radius 2 is 1.85 bits per heavy atom. The van der Waals surface area contributed by atoms with E-state index in [4.69, 9.17) is 11.6 Å². The van der Waals surface area contributed by atoms with Crippen LogP contribution < -0.4 is 5.32 Å². The summed E-state index contributed by atoms with van der Waals surface area (Å²) in [6, 6.07) is 13.6. The van der Waals surface area contributed by atoms with Crippen LogP contribution in [-0.2, 0) is 14.8 Å². The van der Waals surface area contributed by atoms with Crippen molar-refractivity contribution in [3.05, 3.63) is 59.1 Å². The molecule has 138 valence electrons. The first kappa shape index (κ1) is 18.9. The molecule has 1 heterocycles. The number of nitrogens with one attached hydrogen (secondary N) is 1. The van der Waals surface area contributed by atoms with Gasteiger partial charge in [0, 0.05) is 23.8 Å². The van der Waals surface area contributed by atoms with E-state index < -0.39 is 10.0 Å². The Morgan fingerprint density at radius 3 is 2.54 bits per heavy atom. The quantitative estimate of drug-likeness (QED) is 0.862. The second-order valence-electron chi connectivity index (χ2n) is 6.46. The van der Waals surface area contributed by atoms with Crippen molar-refractivity contribution >= 4 is 33.2 Å². The molecular formula is C19H21ClN2O3S. The second kappa shape index (κ2) is 7.78. The molecule has 1 atom stereocenters. The van der Waals surface area contributed by atoms with Crippen LogP contribution in [0.4, 0.5) is 5.69 Å². The first-order valence-electron chi connectivity index (χ1n) is 8.50. The lowest BCUT2D eigenvalue weighted by atomic mass is 9.98. The van der Waals surface area contributed by atoms with Gasteiger partial charge >= 0.3 is 0 Å². The van der Waals surface area contributed by atoms with Gasteiger partial charge in [-0.25, -0.2) is 8.42 Å². The maximum absolute atomic E-state index is 12.8. The SMILES string of the molecule is Cc1ccccc1NC(=O)[C@H]1CCCN(S(=O)(=O)c2ccc(Cl)cc2)C1. The van der Waals surface area contributed by atoms with E-state index in [9.17, 15) is 13.2 Å². The predicted molar refractivity (Wildman–Crippen MR) is 103 cm³/mol. The van der Waals surface area contributed by atoms with Gasteiger partial charge in [-0.3, -0.25) is 4.79 Å². The molecule has 2 aromatic carbocycles. The molecule has 0 unspecified atom stereocenters. The molecular weight excluding hydrogens is 372 g/mol. The zero-order valence-corrected chi connectivity index (χ0v) is 16.1. The number of amides is 1. The summed E-state index contributed by atoms with van der Waals surface area (Å²) < 4.78 is 27.1. The summed E-state index contributed by atoms with van der Waals surface area (Å²) in [6.45, 7) is 2.52. The van der Waals surface area contributed by atoms with Crippen molar-refractivity contribution in [2.45, 2.75) is 24.7 Å². The van der Waals surface area contributed by atoms with E-state index in [1.807, 2.05) is 31.2 Å². The fraction of sp³-hybridized carbons (Fsp3) is 0.316. The molecule has 0 aliphatic carbocycles. The number of sulfonamides is 1. The summed E-state index contributed by atoms with van der Waals surface area (Å²) in [5.41, 5.74) is 1.73. The van der Waals surface area contributed by atoms with Crippen molar-refractivity contribution in [1.82, 2.24) is 4.31 Å². The van der Waals surface area contributed by atoms with Gasteiger partial charge < -0.3 is 5.32 Å². The van der Waals surface area contributed by atoms with Crippen LogP contribution in [0.5, 0.6) is 0 Å². The third-order valence-electron chi connectivity index (χ3n) is 4.61. The highest BCUT2D eigenvalue weighted by Crippen LogP contribution is 2.26. The van der Waals surface area contributed by atoms with E-state index in [2.05, 4.69) is 5.32 Å². The number of carbonyl (C=O) groups excluding carboxylic acids is 1. The van der Waals surface area contributed by atoms with Crippen LogP contribution in [-0.4, -0.2) is 31.7 Å². The number of piperidine rings is 1. The lowest BCUT2D eigenvalue weighted by Gasteiger charge is -2.31. The molecule has 2 aromatic rings. The van der Waals surface area contributed by atoms with Crippen molar-refractivity contribution in [3.63, 3.8) is 0 Å². The van der Waals surface area contributed by atoms with Crippen molar-refractivity contribution in [2.75, 3.05) is 18.4 Å². The summed E-state index contributed by atoms with van der Waals surface area (Å²) in [7, 11) is -3.63. The normalized spacial score (nSPS) is 18.5. The van der Waals surface area contributed by atoms with Crippen molar-refractivity contribution < 1.29 is 13.2 Å². The van der Waals surface area contributed by atoms with Gasteiger partial charge in [-0.05, 0) is 55.7 Å². The molecule has 1 aliphatic heterocycles. The summed E-state index contributed by atoms with van der Waals surface area (Å²) >= 11 is 5.84. The number of nitrogens with zero attached hydrogens (tertiary/aromatic N) is 1. The average molecular weight is 393 g/mol. The summed E-state index contributed by atoms with van der Waals surface area (Å²) in [5.74, 6) is -0.513. The van der Waals surface area contributed by atoms with Crippen LogP contribution in [0.2, 0.25) is 5.02 Å². The lowest BCUT2D eigenvalue weighted by Crippen LogP contribution is -2.43. The van der Waals surface area contributed by atoms with E-state index >= 15 is 0 Å². The minimum Gasteiger partial charge on any atom is -0.326 e. The average Bonchev–Trinajstić information content (AvgIpc) is 2.64. The summed E-state index contributed by atoms with van der Waals surface area (Å²) in [4.78, 5) is 12.8. The number of halogens is 1. The van der Waals surface area contributed by atoms with Gasteiger partial charge in [-0.15, -0.1) is 0 Å². The Kier molecular flexibility index (Phi) is 5.65. The Bertz CT molecular complexity index is 897. The van der Waals surface area contributed by atoms with E-state index in [0.717, 1.165) is 11.3 Å². The van der Waals surface area contributed by atoms with Gasteiger partial charge in [0.05, 0.1) is 10.8 Å². The number of carbonyl (C=O) groups is 1. The molecule has 26 heavy (non-hydrogen) atoms. The fourth-order valence-corrected chi connectivity index (χ4v) is 4.73. The minimum absolute atomic E-state index is 0.143. The number of aryl methyl sites for hydroxylation is 1. The van der Waals surface area contributed by atoms with Crippen LogP contribution in [0.25, 0.3) is 0 Å². The van der Waals surface area contributed by atoms with E-state index in [1.54, 1.807) is 12.1 Å². The maximum atomic E-state index is 12.8. The van der Waals surface area contributed by atoms with Crippen LogP contribution >= 0.6 is 11.6 Å². The molecule has 1 amide bonds. The van der Waals surface area contributed by atoms with Crippen molar-refractivity contribution in [3.8, 4) is 0 Å². The maximum Gasteiger partial charge on any atom is 0.243 e. The predicted octanol–water partition coefficient (Wildman–Crippen LogP) is 3.69. The molecule has 0 aromatic heterocycles. The first-order chi connectivity index (χ1) is 12.4. The minimum atomic E-state index is -3.63.